The maximum absolute atomic E-state index is 13.6. The Labute approximate surface area is 133 Å². The molecule has 7 heteroatoms. The average Bonchev–Trinajstić information content (AvgIpc) is 2.50. The van der Waals surface area contributed by atoms with Crippen LogP contribution in [0.15, 0.2) is 30.5 Å². The van der Waals surface area contributed by atoms with Crippen LogP contribution in [0.4, 0.5) is 10.2 Å². The second-order valence-electron chi connectivity index (χ2n) is 4.47. The number of halogens is 1. The predicted molar refractivity (Wildman–Crippen MR) is 85.3 cm³/mol. The standard InChI is InChI=1S/C15H16FN3O2S/c1-3-20-15(22)19-13-12(16)8-17-14(18-13)21-9-11-6-4-10(2)5-7-11/h4-8H,3,9H2,1-2H3,(H,17,18,19,22). The summed E-state index contributed by atoms with van der Waals surface area (Å²) in [5.74, 6) is -0.711. The molecular formula is C15H16FN3O2S. The second-order valence-corrected chi connectivity index (χ2v) is 4.84. The molecule has 1 N–H and O–H groups in total. The third-order valence-electron chi connectivity index (χ3n) is 2.71. The molecule has 0 bridgehead atoms. The minimum Gasteiger partial charge on any atom is -0.471 e. The Kier molecular flexibility index (Phi) is 5.60. The van der Waals surface area contributed by atoms with Crippen molar-refractivity contribution in [1.29, 1.82) is 0 Å². The van der Waals surface area contributed by atoms with Gasteiger partial charge < -0.3 is 9.47 Å². The van der Waals surface area contributed by atoms with Crippen molar-refractivity contribution >= 4 is 23.2 Å². The van der Waals surface area contributed by atoms with Crippen molar-refractivity contribution in [3.05, 3.63) is 47.4 Å². The van der Waals surface area contributed by atoms with Gasteiger partial charge in [0.1, 0.15) is 6.61 Å². The van der Waals surface area contributed by atoms with Crippen LogP contribution in [0, 0.1) is 12.7 Å². The molecule has 2 aromatic rings. The highest BCUT2D eigenvalue weighted by Gasteiger charge is 2.10. The lowest BCUT2D eigenvalue weighted by Gasteiger charge is -2.09. The Balaban J connectivity index is 2.02. The second kappa shape index (κ2) is 7.65. The first-order valence-corrected chi connectivity index (χ1v) is 7.14. The third-order valence-corrected chi connectivity index (χ3v) is 2.93. The summed E-state index contributed by atoms with van der Waals surface area (Å²) in [7, 11) is 0. The summed E-state index contributed by atoms with van der Waals surface area (Å²) in [4.78, 5) is 7.73. The molecule has 116 valence electrons. The number of aryl methyl sites for hydroxylation is 1. The van der Waals surface area contributed by atoms with Gasteiger partial charge >= 0.3 is 6.01 Å². The molecule has 1 aromatic heterocycles. The van der Waals surface area contributed by atoms with Gasteiger partial charge in [-0.2, -0.15) is 4.98 Å². The van der Waals surface area contributed by atoms with Gasteiger partial charge in [-0.05, 0) is 31.6 Å². The van der Waals surface area contributed by atoms with E-state index in [1.54, 1.807) is 6.92 Å². The lowest BCUT2D eigenvalue weighted by Crippen LogP contribution is -2.15. The van der Waals surface area contributed by atoms with E-state index in [2.05, 4.69) is 15.3 Å². The minimum atomic E-state index is -0.635. The topological polar surface area (TPSA) is 56.3 Å². The Morgan fingerprint density at radius 1 is 1.32 bits per heavy atom. The lowest BCUT2D eigenvalue weighted by atomic mass is 10.2. The SMILES string of the molecule is CCOC(=S)Nc1nc(OCc2ccc(C)cc2)ncc1F. The summed E-state index contributed by atoms with van der Waals surface area (Å²) >= 11 is 4.89. The van der Waals surface area contributed by atoms with Crippen LogP contribution < -0.4 is 10.1 Å². The summed E-state index contributed by atoms with van der Waals surface area (Å²) in [5, 5.41) is 2.61. The molecule has 0 saturated heterocycles. The number of anilines is 1. The van der Waals surface area contributed by atoms with Gasteiger partial charge in [0.25, 0.3) is 5.17 Å². The number of nitrogens with one attached hydrogen (secondary N) is 1. The fourth-order valence-corrected chi connectivity index (χ4v) is 1.82. The van der Waals surface area contributed by atoms with Crippen molar-refractivity contribution in [2.24, 2.45) is 0 Å². The molecular weight excluding hydrogens is 305 g/mol. The van der Waals surface area contributed by atoms with Gasteiger partial charge in [-0.25, -0.2) is 9.37 Å². The van der Waals surface area contributed by atoms with Crippen LogP contribution in [0.25, 0.3) is 0 Å². The van der Waals surface area contributed by atoms with Crippen LogP contribution in [0.5, 0.6) is 6.01 Å². The van der Waals surface area contributed by atoms with Crippen LogP contribution in [-0.2, 0) is 11.3 Å². The highest BCUT2D eigenvalue weighted by Crippen LogP contribution is 2.15. The summed E-state index contributed by atoms with van der Waals surface area (Å²) in [6.45, 7) is 4.46. The maximum atomic E-state index is 13.6. The molecule has 1 aromatic carbocycles. The van der Waals surface area contributed by atoms with Gasteiger partial charge in [-0.15, -0.1) is 0 Å². The number of hydrogen-bond acceptors (Lipinski definition) is 5. The average molecular weight is 321 g/mol. The van der Waals surface area contributed by atoms with E-state index in [1.165, 1.54) is 0 Å². The number of hydrogen-bond donors (Lipinski definition) is 1. The zero-order chi connectivity index (χ0) is 15.9. The smallest absolute Gasteiger partial charge is 0.318 e. The Hall–Kier alpha value is -2.28. The molecule has 0 atom stereocenters. The van der Waals surface area contributed by atoms with Crippen molar-refractivity contribution in [1.82, 2.24) is 9.97 Å². The number of aromatic nitrogens is 2. The van der Waals surface area contributed by atoms with E-state index in [9.17, 15) is 4.39 Å². The number of rotatable bonds is 5. The molecule has 0 spiro atoms. The minimum absolute atomic E-state index is 0.0459. The zero-order valence-corrected chi connectivity index (χ0v) is 13.1. The normalized spacial score (nSPS) is 10.1. The van der Waals surface area contributed by atoms with Gasteiger partial charge in [0.2, 0.25) is 0 Å². The van der Waals surface area contributed by atoms with Gasteiger partial charge in [-0.3, -0.25) is 5.32 Å². The predicted octanol–water partition coefficient (Wildman–Crippen LogP) is 3.24. The van der Waals surface area contributed by atoms with E-state index < -0.39 is 5.82 Å². The molecule has 0 aliphatic heterocycles. The first-order chi connectivity index (χ1) is 10.6. The number of nitrogens with zero attached hydrogens (tertiary/aromatic N) is 2. The van der Waals surface area contributed by atoms with Crippen LogP contribution in [0.2, 0.25) is 0 Å². The van der Waals surface area contributed by atoms with E-state index >= 15 is 0 Å². The molecule has 2 rings (SSSR count). The molecule has 5 nitrogen and oxygen atoms in total. The number of benzene rings is 1. The summed E-state index contributed by atoms with van der Waals surface area (Å²) in [6, 6.07) is 7.92. The fourth-order valence-electron chi connectivity index (χ4n) is 1.60. The molecule has 0 radical (unpaired) electrons. The van der Waals surface area contributed by atoms with E-state index in [0.29, 0.717) is 13.2 Å². The summed E-state index contributed by atoms with van der Waals surface area (Å²) < 4.78 is 24.1. The molecule has 0 amide bonds. The molecule has 22 heavy (non-hydrogen) atoms. The quantitative estimate of drug-likeness (QED) is 0.853. The Bertz CT molecular complexity index is 650. The van der Waals surface area contributed by atoms with Gasteiger partial charge in [0.15, 0.2) is 11.6 Å². The molecule has 0 aliphatic carbocycles. The molecule has 0 saturated carbocycles. The highest BCUT2D eigenvalue weighted by atomic mass is 32.1. The highest BCUT2D eigenvalue weighted by molar-refractivity contribution is 7.80. The van der Waals surface area contributed by atoms with Crippen molar-refractivity contribution in [2.45, 2.75) is 20.5 Å². The largest absolute Gasteiger partial charge is 0.471 e. The fraction of sp³-hybridized carbons (Fsp3) is 0.267. The maximum Gasteiger partial charge on any atom is 0.318 e. The van der Waals surface area contributed by atoms with Crippen LogP contribution in [0.3, 0.4) is 0 Å². The third kappa shape index (κ3) is 4.63. The van der Waals surface area contributed by atoms with Crippen molar-refractivity contribution in [3.63, 3.8) is 0 Å². The lowest BCUT2D eigenvalue weighted by molar-refractivity contribution is 0.279. The van der Waals surface area contributed by atoms with E-state index in [1.807, 2.05) is 31.2 Å². The monoisotopic (exact) mass is 321 g/mol. The molecule has 0 unspecified atom stereocenters. The van der Waals surface area contributed by atoms with Crippen molar-refractivity contribution in [3.8, 4) is 6.01 Å². The Morgan fingerprint density at radius 3 is 2.73 bits per heavy atom. The van der Waals surface area contributed by atoms with Crippen LogP contribution in [0.1, 0.15) is 18.1 Å². The number of ether oxygens (including phenoxy) is 2. The van der Waals surface area contributed by atoms with Gasteiger partial charge in [0, 0.05) is 0 Å². The van der Waals surface area contributed by atoms with Gasteiger partial charge in [-0.1, -0.05) is 29.8 Å². The van der Waals surface area contributed by atoms with Crippen LogP contribution in [-0.4, -0.2) is 21.7 Å². The number of thiocarbonyl (C=S) groups is 1. The van der Waals surface area contributed by atoms with E-state index in [4.69, 9.17) is 21.7 Å². The van der Waals surface area contributed by atoms with Gasteiger partial charge in [0.05, 0.1) is 12.8 Å². The van der Waals surface area contributed by atoms with Crippen molar-refractivity contribution < 1.29 is 13.9 Å². The summed E-state index contributed by atoms with van der Waals surface area (Å²) in [5.41, 5.74) is 2.13. The Morgan fingerprint density at radius 2 is 2.05 bits per heavy atom. The van der Waals surface area contributed by atoms with E-state index in [-0.39, 0.29) is 17.0 Å². The molecule has 1 heterocycles. The van der Waals surface area contributed by atoms with Crippen molar-refractivity contribution in [2.75, 3.05) is 11.9 Å². The molecule has 0 aliphatic rings. The first kappa shape index (κ1) is 16.1. The summed E-state index contributed by atoms with van der Waals surface area (Å²) in [6.07, 6.45) is 1.02. The zero-order valence-electron chi connectivity index (χ0n) is 12.3. The molecule has 0 fully saturated rings. The first-order valence-electron chi connectivity index (χ1n) is 6.73. The van der Waals surface area contributed by atoms with Crippen LogP contribution >= 0.6 is 12.2 Å². The van der Waals surface area contributed by atoms with E-state index in [0.717, 1.165) is 17.3 Å².